The first-order valence-electron chi connectivity index (χ1n) is 7.20. The van der Waals surface area contributed by atoms with Gasteiger partial charge in [0.15, 0.2) is 0 Å². The third-order valence-electron chi connectivity index (χ3n) is 4.01. The monoisotopic (exact) mass is 286 g/mol. The van der Waals surface area contributed by atoms with Gasteiger partial charge in [0.1, 0.15) is 5.92 Å². The molecule has 4 unspecified atom stereocenters. The number of carbonyl (C=O) groups excluding carboxylic acids is 1. The SMILES string of the molecule is CCC(C)CC(C)NC(=O)N(C)C1COCC1C(=O)O. The summed E-state index contributed by atoms with van der Waals surface area (Å²) in [6.45, 7) is 6.69. The number of aliphatic carboxylic acids is 1. The normalized spacial score (nSPS) is 25.0. The van der Waals surface area contributed by atoms with E-state index in [-0.39, 0.29) is 25.3 Å². The Hall–Kier alpha value is -1.30. The van der Waals surface area contributed by atoms with Gasteiger partial charge >= 0.3 is 12.0 Å². The van der Waals surface area contributed by atoms with Crippen LogP contribution in [0, 0.1) is 11.8 Å². The summed E-state index contributed by atoms with van der Waals surface area (Å²) in [5.74, 6) is -1.01. The van der Waals surface area contributed by atoms with Crippen molar-refractivity contribution in [1.29, 1.82) is 0 Å². The highest BCUT2D eigenvalue weighted by Crippen LogP contribution is 2.19. The molecule has 0 aliphatic carbocycles. The number of nitrogens with zero attached hydrogens (tertiary/aromatic N) is 1. The molecule has 1 aliphatic rings. The first kappa shape index (κ1) is 16.8. The Kier molecular flexibility index (Phi) is 6.26. The van der Waals surface area contributed by atoms with Gasteiger partial charge in [-0.05, 0) is 19.3 Å². The highest BCUT2D eigenvalue weighted by atomic mass is 16.5. The summed E-state index contributed by atoms with van der Waals surface area (Å²) in [6, 6.07) is -0.559. The third-order valence-corrected chi connectivity index (χ3v) is 4.01. The number of rotatable bonds is 6. The average molecular weight is 286 g/mol. The summed E-state index contributed by atoms with van der Waals surface area (Å²) in [5, 5.41) is 12.0. The van der Waals surface area contributed by atoms with Gasteiger partial charge in [-0.2, -0.15) is 0 Å². The molecule has 1 aliphatic heterocycles. The molecule has 2 amide bonds. The van der Waals surface area contributed by atoms with Crippen molar-refractivity contribution >= 4 is 12.0 Å². The molecule has 0 aromatic rings. The number of carboxylic acids is 1. The van der Waals surface area contributed by atoms with E-state index in [0.717, 1.165) is 12.8 Å². The van der Waals surface area contributed by atoms with Crippen molar-refractivity contribution in [2.45, 2.75) is 45.7 Å². The fourth-order valence-corrected chi connectivity index (χ4v) is 2.45. The zero-order valence-electron chi connectivity index (χ0n) is 12.8. The topological polar surface area (TPSA) is 78.9 Å². The van der Waals surface area contributed by atoms with Gasteiger partial charge in [0, 0.05) is 13.1 Å². The van der Waals surface area contributed by atoms with Crippen molar-refractivity contribution in [3.05, 3.63) is 0 Å². The number of carbonyl (C=O) groups is 2. The molecule has 0 saturated carbocycles. The molecule has 20 heavy (non-hydrogen) atoms. The fraction of sp³-hybridized carbons (Fsp3) is 0.857. The minimum Gasteiger partial charge on any atom is -0.481 e. The molecule has 4 atom stereocenters. The maximum atomic E-state index is 12.1. The molecule has 6 nitrogen and oxygen atoms in total. The maximum Gasteiger partial charge on any atom is 0.317 e. The van der Waals surface area contributed by atoms with E-state index in [0.29, 0.717) is 5.92 Å². The zero-order valence-corrected chi connectivity index (χ0v) is 12.8. The number of hydrogen-bond acceptors (Lipinski definition) is 3. The van der Waals surface area contributed by atoms with Gasteiger partial charge in [0.25, 0.3) is 0 Å². The molecule has 1 fully saturated rings. The molecule has 0 spiro atoms. The second-order valence-electron chi connectivity index (χ2n) is 5.76. The summed E-state index contributed by atoms with van der Waals surface area (Å²) in [6.07, 6.45) is 1.99. The van der Waals surface area contributed by atoms with E-state index in [4.69, 9.17) is 9.84 Å². The van der Waals surface area contributed by atoms with Crippen LogP contribution in [0.25, 0.3) is 0 Å². The molecule has 116 valence electrons. The van der Waals surface area contributed by atoms with Gasteiger partial charge in [-0.3, -0.25) is 4.79 Å². The van der Waals surface area contributed by atoms with Gasteiger partial charge < -0.3 is 20.1 Å². The summed E-state index contributed by atoms with van der Waals surface area (Å²) in [4.78, 5) is 24.7. The first-order chi connectivity index (χ1) is 9.36. The highest BCUT2D eigenvalue weighted by Gasteiger charge is 2.38. The van der Waals surface area contributed by atoms with Crippen LogP contribution in [-0.2, 0) is 9.53 Å². The van der Waals surface area contributed by atoms with E-state index in [2.05, 4.69) is 19.2 Å². The molecule has 0 bridgehead atoms. The fourth-order valence-electron chi connectivity index (χ4n) is 2.45. The van der Waals surface area contributed by atoms with Crippen LogP contribution in [0.15, 0.2) is 0 Å². The van der Waals surface area contributed by atoms with Crippen LogP contribution in [0.3, 0.4) is 0 Å². The Bertz CT molecular complexity index is 348. The zero-order chi connectivity index (χ0) is 15.3. The first-order valence-corrected chi connectivity index (χ1v) is 7.20. The Balaban J connectivity index is 2.52. The molecule has 1 saturated heterocycles. The number of likely N-dealkylation sites (N-methyl/N-ethyl adjacent to an activating group) is 1. The van der Waals surface area contributed by atoms with Gasteiger partial charge in [-0.25, -0.2) is 4.79 Å². The lowest BCUT2D eigenvalue weighted by atomic mass is 10.0. The van der Waals surface area contributed by atoms with Crippen LogP contribution >= 0.6 is 0 Å². The van der Waals surface area contributed by atoms with Crippen molar-refractivity contribution in [3.63, 3.8) is 0 Å². The van der Waals surface area contributed by atoms with E-state index < -0.39 is 17.9 Å². The summed E-state index contributed by atoms with van der Waals surface area (Å²) in [7, 11) is 1.63. The lowest BCUT2D eigenvalue weighted by Crippen LogP contribution is -2.50. The summed E-state index contributed by atoms with van der Waals surface area (Å²) >= 11 is 0. The standard InChI is InChI=1S/C14H26N2O4/c1-5-9(2)6-10(3)15-14(19)16(4)12-8-20-7-11(12)13(17)18/h9-12H,5-8H2,1-4H3,(H,15,19)(H,17,18). The molecule has 6 heteroatoms. The van der Waals surface area contributed by atoms with E-state index in [1.165, 1.54) is 4.90 Å². The van der Waals surface area contributed by atoms with Gasteiger partial charge in [0.05, 0.1) is 19.3 Å². The van der Waals surface area contributed by atoms with Crippen LogP contribution in [0.2, 0.25) is 0 Å². The maximum absolute atomic E-state index is 12.1. The van der Waals surface area contributed by atoms with E-state index >= 15 is 0 Å². The number of hydrogen-bond donors (Lipinski definition) is 2. The summed E-state index contributed by atoms with van der Waals surface area (Å²) in [5.41, 5.74) is 0. The Morgan fingerprint density at radius 3 is 2.60 bits per heavy atom. The lowest BCUT2D eigenvalue weighted by molar-refractivity contribution is -0.142. The minimum absolute atomic E-state index is 0.0745. The predicted octanol–water partition coefficient (Wildman–Crippen LogP) is 1.55. The average Bonchev–Trinajstić information content (AvgIpc) is 2.86. The van der Waals surface area contributed by atoms with Crippen molar-refractivity contribution in [3.8, 4) is 0 Å². The molecule has 2 N–H and O–H groups in total. The quantitative estimate of drug-likeness (QED) is 0.776. The molecule has 1 heterocycles. The second-order valence-corrected chi connectivity index (χ2v) is 5.76. The smallest absolute Gasteiger partial charge is 0.317 e. The van der Waals surface area contributed by atoms with Crippen LogP contribution < -0.4 is 5.32 Å². The van der Waals surface area contributed by atoms with Crippen LogP contribution in [0.1, 0.15) is 33.6 Å². The van der Waals surface area contributed by atoms with Crippen molar-refractivity contribution in [2.24, 2.45) is 11.8 Å². The van der Waals surface area contributed by atoms with Crippen molar-refractivity contribution in [1.82, 2.24) is 10.2 Å². The predicted molar refractivity (Wildman–Crippen MR) is 75.6 cm³/mol. The van der Waals surface area contributed by atoms with E-state index in [1.54, 1.807) is 7.05 Å². The number of amides is 2. The van der Waals surface area contributed by atoms with Crippen LogP contribution in [0.4, 0.5) is 4.79 Å². The number of nitrogens with one attached hydrogen (secondary N) is 1. The second kappa shape index (κ2) is 7.47. The van der Waals surface area contributed by atoms with Gasteiger partial charge in [-0.15, -0.1) is 0 Å². The van der Waals surface area contributed by atoms with Crippen LogP contribution in [-0.4, -0.2) is 54.4 Å². The number of urea groups is 1. The highest BCUT2D eigenvalue weighted by molar-refractivity contribution is 5.77. The molecule has 0 aromatic heterocycles. The molecule has 1 rings (SSSR count). The molecular weight excluding hydrogens is 260 g/mol. The Labute approximate surface area is 120 Å². The Morgan fingerprint density at radius 2 is 2.05 bits per heavy atom. The molecular formula is C14H26N2O4. The number of ether oxygens (including phenoxy) is 1. The van der Waals surface area contributed by atoms with Crippen molar-refractivity contribution in [2.75, 3.05) is 20.3 Å². The molecule has 0 aromatic carbocycles. The summed E-state index contributed by atoms with van der Waals surface area (Å²) < 4.78 is 5.19. The third kappa shape index (κ3) is 4.37. The number of carboxylic acid groups (broad SMARTS) is 1. The largest absolute Gasteiger partial charge is 0.481 e. The molecule has 0 radical (unpaired) electrons. The lowest BCUT2D eigenvalue weighted by Gasteiger charge is -2.28. The van der Waals surface area contributed by atoms with Crippen LogP contribution in [0.5, 0.6) is 0 Å². The van der Waals surface area contributed by atoms with Gasteiger partial charge in [0.2, 0.25) is 0 Å². The van der Waals surface area contributed by atoms with Crippen molar-refractivity contribution < 1.29 is 19.4 Å². The van der Waals surface area contributed by atoms with Gasteiger partial charge in [-0.1, -0.05) is 20.3 Å². The van der Waals surface area contributed by atoms with E-state index in [9.17, 15) is 9.59 Å². The minimum atomic E-state index is -0.917. The van der Waals surface area contributed by atoms with E-state index in [1.807, 2.05) is 6.92 Å². The Morgan fingerprint density at radius 1 is 1.40 bits per heavy atom.